The minimum Gasteiger partial charge on any atom is -0.374 e. The van der Waals surface area contributed by atoms with Gasteiger partial charge in [0.25, 0.3) is 4.34 Å². The van der Waals surface area contributed by atoms with Crippen molar-refractivity contribution in [1.29, 1.82) is 0 Å². The molecule has 0 aliphatic rings. The van der Waals surface area contributed by atoms with Crippen LogP contribution in [-0.2, 0) is 19.8 Å². The molecule has 80 valence electrons. The fourth-order valence-electron chi connectivity index (χ4n) is 0.593. The van der Waals surface area contributed by atoms with E-state index >= 15 is 0 Å². The van der Waals surface area contributed by atoms with Crippen LogP contribution in [0.2, 0.25) is 0 Å². The average Bonchev–Trinajstić information content (AvgIpc) is 2.29. The van der Waals surface area contributed by atoms with Crippen molar-refractivity contribution in [1.82, 2.24) is 10.2 Å². The number of anilines is 1. The fraction of sp³-hybridized carbons (Fsp3) is 0.500. The van der Waals surface area contributed by atoms with E-state index < -0.39 is 19.8 Å². The quantitative estimate of drug-likeness (QED) is 0.765. The number of sulfonamides is 1. The van der Waals surface area contributed by atoms with Crippen molar-refractivity contribution in [3.8, 4) is 0 Å². The molecule has 0 amide bonds. The number of hydrogen-bond acceptors (Lipinski definition) is 7. The monoisotopic (exact) mass is 256 g/mol. The third-order valence-electron chi connectivity index (χ3n) is 0.920. The van der Waals surface area contributed by atoms with Crippen LogP contribution in [0, 0.1) is 0 Å². The SMILES string of the molecule is CS(C)(=O)=NS(=O)(=O)c1nnc(N)s1. The summed E-state index contributed by atoms with van der Waals surface area (Å²) in [5.41, 5.74) is 5.21. The molecule has 1 aromatic heterocycles. The molecule has 2 N–H and O–H groups in total. The molecule has 0 radical (unpaired) electrons. The number of rotatable bonds is 2. The van der Waals surface area contributed by atoms with Crippen molar-refractivity contribution >= 4 is 36.2 Å². The third-order valence-corrected chi connectivity index (χ3v) is 5.09. The second-order valence-electron chi connectivity index (χ2n) is 2.64. The molecule has 0 atom stereocenters. The molecule has 1 rings (SSSR count). The number of hydrogen-bond donors (Lipinski definition) is 1. The molecule has 0 fully saturated rings. The summed E-state index contributed by atoms with van der Waals surface area (Å²) in [6.45, 7) is 0. The van der Waals surface area contributed by atoms with Gasteiger partial charge in [-0.1, -0.05) is 11.3 Å². The van der Waals surface area contributed by atoms with E-state index in [1.165, 1.54) is 12.5 Å². The van der Waals surface area contributed by atoms with Crippen LogP contribution >= 0.6 is 11.3 Å². The van der Waals surface area contributed by atoms with Gasteiger partial charge in [-0.05, 0) is 0 Å². The fourth-order valence-corrected chi connectivity index (χ4v) is 4.18. The highest BCUT2D eigenvalue weighted by atomic mass is 32.3. The minimum absolute atomic E-state index is 0.0254. The van der Waals surface area contributed by atoms with E-state index in [-0.39, 0.29) is 9.47 Å². The van der Waals surface area contributed by atoms with E-state index in [1.54, 1.807) is 0 Å². The summed E-state index contributed by atoms with van der Waals surface area (Å²) in [6, 6.07) is 0. The second kappa shape index (κ2) is 3.44. The lowest BCUT2D eigenvalue weighted by molar-refractivity contribution is 0.596. The highest BCUT2D eigenvalue weighted by Crippen LogP contribution is 2.19. The topological polar surface area (TPSA) is 115 Å². The summed E-state index contributed by atoms with van der Waals surface area (Å²) in [5, 5.41) is 6.66. The molecule has 0 spiro atoms. The first-order valence-corrected chi connectivity index (χ1v) is 7.82. The molecule has 0 saturated carbocycles. The van der Waals surface area contributed by atoms with Crippen molar-refractivity contribution in [3.05, 3.63) is 0 Å². The average molecular weight is 256 g/mol. The van der Waals surface area contributed by atoms with Crippen molar-refractivity contribution in [2.75, 3.05) is 18.2 Å². The van der Waals surface area contributed by atoms with Crippen molar-refractivity contribution in [2.45, 2.75) is 4.34 Å². The number of nitrogens with two attached hydrogens (primary N) is 1. The van der Waals surface area contributed by atoms with E-state index in [9.17, 15) is 12.6 Å². The highest BCUT2D eigenvalue weighted by Gasteiger charge is 2.19. The summed E-state index contributed by atoms with van der Waals surface area (Å²) in [5.74, 6) is 0. The first-order chi connectivity index (χ1) is 6.21. The Balaban J connectivity index is 3.31. The zero-order chi connectivity index (χ0) is 11.0. The van der Waals surface area contributed by atoms with Crippen LogP contribution in [0.4, 0.5) is 5.13 Å². The van der Waals surface area contributed by atoms with Gasteiger partial charge >= 0.3 is 10.0 Å². The lowest BCUT2D eigenvalue weighted by Crippen LogP contribution is -2.01. The van der Waals surface area contributed by atoms with Crippen LogP contribution in [0.5, 0.6) is 0 Å². The van der Waals surface area contributed by atoms with Gasteiger partial charge in [0.15, 0.2) is 0 Å². The van der Waals surface area contributed by atoms with Gasteiger partial charge in [0.1, 0.15) is 0 Å². The molecule has 0 bridgehead atoms. The molecule has 1 heterocycles. The maximum atomic E-state index is 11.4. The van der Waals surface area contributed by atoms with Gasteiger partial charge in [0.2, 0.25) is 5.13 Å². The summed E-state index contributed by atoms with van der Waals surface area (Å²) in [6.07, 6.45) is 2.43. The maximum Gasteiger partial charge on any atom is 0.319 e. The summed E-state index contributed by atoms with van der Waals surface area (Å²) >= 11 is 0.684. The van der Waals surface area contributed by atoms with Gasteiger partial charge in [0.05, 0.1) is 9.73 Å². The third kappa shape index (κ3) is 2.89. The molecule has 0 aliphatic heterocycles. The van der Waals surface area contributed by atoms with Gasteiger partial charge in [0, 0.05) is 12.5 Å². The maximum absolute atomic E-state index is 11.4. The molecule has 0 aromatic carbocycles. The zero-order valence-corrected chi connectivity index (χ0v) is 9.82. The smallest absolute Gasteiger partial charge is 0.319 e. The first-order valence-electron chi connectivity index (χ1n) is 3.23. The lowest BCUT2D eigenvalue weighted by atomic mass is 11.3. The Morgan fingerprint density at radius 3 is 2.21 bits per heavy atom. The molecule has 0 unspecified atom stereocenters. The predicted octanol–water partition coefficient (Wildman–Crippen LogP) is -0.463. The number of nitrogens with zero attached hydrogens (tertiary/aromatic N) is 3. The van der Waals surface area contributed by atoms with E-state index in [0.717, 1.165) is 0 Å². The lowest BCUT2D eigenvalue weighted by Gasteiger charge is -1.93. The van der Waals surface area contributed by atoms with E-state index in [2.05, 4.69) is 14.0 Å². The molecule has 0 saturated heterocycles. The van der Waals surface area contributed by atoms with Crippen LogP contribution in [0.1, 0.15) is 0 Å². The van der Waals surface area contributed by atoms with E-state index in [4.69, 9.17) is 5.73 Å². The van der Waals surface area contributed by atoms with Gasteiger partial charge in [-0.15, -0.1) is 14.0 Å². The molecular weight excluding hydrogens is 248 g/mol. The summed E-state index contributed by atoms with van der Waals surface area (Å²) < 4.78 is 36.7. The Labute approximate surface area is 85.6 Å². The largest absolute Gasteiger partial charge is 0.374 e. The Kier molecular flexibility index (Phi) is 2.78. The standard InChI is InChI=1S/C4H8N4O3S3/c1-13(2,9)8-14(10,11)4-7-6-3(5)12-4/h1-2H3,(H2,5,6). The van der Waals surface area contributed by atoms with Crippen LogP contribution in [0.15, 0.2) is 8.11 Å². The van der Waals surface area contributed by atoms with Crippen molar-refractivity contribution in [3.63, 3.8) is 0 Å². The molecule has 7 nitrogen and oxygen atoms in total. The second-order valence-corrected chi connectivity index (χ2v) is 8.20. The van der Waals surface area contributed by atoms with Crippen LogP contribution in [-0.4, -0.2) is 35.3 Å². The van der Waals surface area contributed by atoms with Crippen LogP contribution in [0.25, 0.3) is 0 Å². The van der Waals surface area contributed by atoms with Crippen molar-refractivity contribution in [2.24, 2.45) is 3.77 Å². The number of aromatic nitrogens is 2. The van der Waals surface area contributed by atoms with Gasteiger partial charge in [-0.2, -0.15) is 8.42 Å². The molecule has 1 aromatic rings. The first kappa shape index (κ1) is 11.3. The van der Waals surface area contributed by atoms with Gasteiger partial charge in [-0.25, -0.2) is 4.21 Å². The molecule has 10 heteroatoms. The molecule has 0 aliphatic carbocycles. The zero-order valence-electron chi connectivity index (χ0n) is 7.37. The predicted molar refractivity (Wildman–Crippen MR) is 53.9 cm³/mol. The Hall–Kier alpha value is -0.740. The van der Waals surface area contributed by atoms with E-state index in [1.807, 2.05) is 0 Å². The Bertz CT molecular complexity index is 542. The normalized spacial score (nSPS) is 12.7. The van der Waals surface area contributed by atoms with Gasteiger partial charge < -0.3 is 5.73 Å². The highest BCUT2D eigenvalue weighted by molar-refractivity contribution is 8.03. The van der Waals surface area contributed by atoms with Crippen LogP contribution in [0.3, 0.4) is 0 Å². The van der Waals surface area contributed by atoms with Crippen molar-refractivity contribution < 1.29 is 12.6 Å². The van der Waals surface area contributed by atoms with Crippen LogP contribution < -0.4 is 5.73 Å². The summed E-state index contributed by atoms with van der Waals surface area (Å²) in [4.78, 5) is 0. The Morgan fingerprint density at radius 1 is 1.29 bits per heavy atom. The van der Waals surface area contributed by atoms with E-state index in [0.29, 0.717) is 11.3 Å². The minimum atomic E-state index is -3.98. The number of nitrogen functional groups attached to an aromatic ring is 1. The van der Waals surface area contributed by atoms with Gasteiger partial charge in [-0.3, -0.25) is 0 Å². The summed E-state index contributed by atoms with van der Waals surface area (Å²) in [7, 11) is -6.72. The molecule has 14 heavy (non-hydrogen) atoms. The Morgan fingerprint density at radius 2 is 1.86 bits per heavy atom. The molecular formula is C4H8N4O3S3.